The average molecular weight is 170 g/mol. The number of hydrogen-bond donors (Lipinski definition) is 1. The predicted molar refractivity (Wildman–Crippen MR) is 53.1 cm³/mol. The van der Waals surface area contributed by atoms with Crippen molar-refractivity contribution in [3.8, 4) is 0 Å². The van der Waals surface area contributed by atoms with Crippen LogP contribution in [0.2, 0.25) is 0 Å². The Labute approximate surface area is 76.1 Å². The van der Waals surface area contributed by atoms with E-state index in [2.05, 4.69) is 18.7 Å². The van der Waals surface area contributed by atoms with Crippen LogP contribution in [0.4, 0.5) is 0 Å². The number of rotatable bonds is 5. The summed E-state index contributed by atoms with van der Waals surface area (Å²) in [5.74, 6) is 0.969. The Hall–Kier alpha value is -0.0800. The summed E-state index contributed by atoms with van der Waals surface area (Å²) in [6.45, 7) is 8.02. The third-order valence-corrected chi connectivity index (χ3v) is 3.05. The van der Waals surface area contributed by atoms with Crippen molar-refractivity contribution in [2.45, 2.75) is 39.2 Å². The Morgan fingerprint density at radius 1 is 1.42 bits per heavy atom. The minimum atomic E-state index is 0.762. The molecule has 1 aliphatic rings. The summed E-state index contributed by atoms with van der Waals surface area (Å²) in [6, 6.07) is 0.762. The Morgan fingerprint density at radius 2 is 2.08 bits per heavy atom. The van der Waals surface area contributed by atoms with Crippen LogP contribution in [0, 0.1) is 5.92 Å². The van der Waals surface area contributed by atoms with Gasteiger partial charge in [-0.1, -0.05) is 20.3 Å². The molecular formula is C10H22N2. The topological polar surface area (TPSA) is 29.3 Å². The van der Waals surface area contributed by atoms with Crippen LogP contribution in [-0.2, 0) is 0 Å². The van der Waals surface area contributed by atoms with E-state index in [1.807, 2.05) is 0 Å². The van der Waals surface area contributed by atoms with E-state index in [4.69, 9.17) is 5.73 Å². The van der Waals surface area contributed by atoms with E-state index in [0.717, 1.165) is 18.5 Å². The van der Waals surface area contributed by atoms with Gasteiger partial charge in [-0.25, -0.2) is 0 Å². The second kappa shape index (κ2) is 4.83. The van der Waals surface area contributed by atoms with Gasteiger partial charge in [-0.3, -0.25) is 4.90 Å². The molecule has 2 nitrogen and oxygen atoms in total. The van der Waals surface area contributed by atoms with Gasteiger partial charge in [0.25, 0.3) is 0 Å². The van der Waals surface area contributed by atoms with E-state index < -0.39 is 0 Å². The van der Waals surface area contributed by atoms with Crippen molar-refractivity contribution in [2.24, 2.45) is 11.7 Å². The highest BCUT2D eigenvalue weighted by Gasteiger charge is 2.29. The maximum atomic E-state index is 5.56. The fourth-order valence-electron chi connectivity index (χ4n) is 2.00. The standard InChI is InChI=1S/C10H22N2/c1-3-9-7-12(8-9)10(4-2)5-6-11/h9-10H,3-8,11H2,1-2H3. The lowest BCUT2D eigenvalue weighted by Crippen LogP contribution is -2.52. The Morgan fingerprint density at radius 3 is 2.50 bits per heavy atom. The molecule has 0 radical (unpaired) electrons. The smallest absolute Gasteiger partial charge is 0.0105 e. The van der Waals surface area contributed by atoms with Crippen molar-refractivity contribution in [3.05, 3.63) is 0 Å². The van der Waals surface area contributed by atoms with E-state index in [-0.39, 0.29) is 0 Å². The van der Waals surface area contributed by atoms with Gasteiger partial charge in [-0.15, -0.1) is 0 Å². The Kier molecular flexibility index (Phi) is 4.02. The second-order valence-corrected chi connectivity index (χ2v) is 3.87. The van der Waals surface area contributed by atoms with Crippen molar-refractivity contribution in [3.63, 3.8) is 0 Å². The zero-order valence-electron chi connectivity index (χ0n) is 8.42. The van der Waals surface area contributed by atoms with Gasteiger partial charge in [0.1, 0.15) is 0 Å². The molecule has 1 aliphatic heterocycles. The molecule has 1 unspecified atom stereocenters. The van der Waals surface area contributed by atoms with Crippen LogP contribution in [-0.4, -0.2) is 30.6 Å². The van der Waals surface area contributed by atoms with Crippen molar-refractivity contribution < 1.29 is 0 Å². The van der Waals surface area contributed by atoms with Gasteiger partial charge in [0.2, 0.25) is 0 Å². The molecule has 1 heterocycles. The molecule has 1 atom stereocenters. The molecule has 2 heteroatoms. The third kappa shape index (κ3) is 2.20. The Balaban J connectivity index is 2.19. The highest BCUT2D eigenvalue weighted by Crippen LogP contribution is 2.23. The molecular weight excluding hydrogens is 148 g/mol. The lowest BCUT2D eigenvalue weighted by Gasteiger charge is -2.44. The number of nitrogens with two attached hydrogens (primary N) is 1. The van der Waals surface area contributed by atoms with Crippen molar-refractivity contribution in [2.75, 3.05) is 19.6 Å². The molecule has 0 aliphatic carbocycles. The van der Waals surface area contributed by atoms with E-state index in [0.29, 0.717) is 0 Å². The lowest BCUT2D eigenvalue weighted by molar-refractivity contribution is 0.0458. The molecule has 1 saturated heterocycles. The molecule has 2 N–H and O–H groups in total. The van der Waals surface area contributed by atoms with Gasteiger partial charge in [0, 0.05) is 19.1 Å². The van der Waals surface area contributed by atoms with Crippen molar-refractivity contribution in [1.29, 1.82) is 0 Å². The fraction of sp³-hybridized carbons (Fsp3) is 1.00. The highest BCUT2D eigenvalue weighted by molar-refractivity contribution is 4.84. The number of nitrogens with zero attached hydrogens (tertiary/aromatic N) is 1. The van der Waals surface area contributed by atoms with Crippen LogP contribution in [0.25, 0.3) is 0 Å². The van der Waals surface area contributed by atoms with Crippen molar-refractivity contribution >= 4 is 0 Å². The van der Waals surface area contributed by atoms with Gasteiger partial charge in [-0.2, -0.15) is 0 Å². The highest BCUT2D eigenvalue weighted by atomic mass is 15.2. The first kappa shape index (κ1) is 10.0. The van der Waals surface area contributed by atoms with Crippen molar-refractivity contribution in [1.82, 2.24) is 4.90 Å². The molecule has 12 heavy (non-hydrogen) atoms. The summed E-state index contributed by atoms with van der Waals surface area (Å²) < 4.78 is 0. The summed E-state index contributed by atoms with van der Waals surface area (Å²) in [5, 5.41) is 0. The van der Waals surface area contributed by atoms with Crippen LogP contribution in [0.15, 0.2) is 0 Å². The molecule has 0 bridgehead atoms. The molecule has 1 rings (SSSR count). The first-order valence-electron chi connectivity index (χ1n) is 5.25. The molecule has 0 aromatic rings. The zero-order chi connectivity index (χ0) is 8.97. The third-order valence-electron chi connectivity index (χ3n) is 3.05. The van der Waals surface area contributed by atoms with Crippen LogP contribution >= 0.6 is 0 Å². The van der Waals surface area contributed by atoms with Gasteiger partial charge in [0.15, 0.2) is 0 Å². The van der Waals surface area contributed by atoms with E-state index in [1.165, 1.54) is 32.4 Å². The number of likely N-dealkylation sites (tertiary alicyclic amines) is 1. The summed E-state index contributed by atoms with van der Waals surface area (Å²) in [7, 11) is 0. The summed E-state index contributed by atoms with van der Waals surface area (Å²) in [5.41, 5.74) is 5.56. The first-order chi connectivity index (χ1) is 5.81. The normalized spacial score (nSPS) is 22.2. The SMILES string of the molecule is CCC1CN(C(CC)CCN)C1. The average Bonchev–Trinajstić information content (AvgIpc) is 2.01. The quantitative estimate of drug-likeness (QED) is 0.677. The maximum absolute atomic E-state index is 5.56. The largest absolute Gasteiger partial charge is 0.330 e. The number of hydrogen-bond acceptors (Lipinski definition) is 2. The van der Waals surface area contributed by atoms with E-state index in [9.17, 15) is 0 Å². The van der Waals surface area contributed by atoms with Crippen LogP contribution < -0.4 is 5.73 Å². The minimum absolute atomic E-state index is 0.762. The van der Waals surface area contributed by atoms with E-state index in [1.54, 1.807) is 0 Å². The molecule has 72 valence electrons. The molecule has 1 fully saturated rings. The molecule has 0 aromatic carbocycles. The summed E-state index contributed by atoms with van der Waals surface area (Å²) in [4.78, 5) is 2.58. The van der Waals surface area contributed by atoms with Crippen LogP contribution in [0.3, 0.4) is 0 Å². The second-order valence-electron chi connectivity index (χ2n) is 3.87. The predicted octanol–water partition coefficient (Wildman–Crippen LogP) is 1.46. The van der Waals surface area contributed by atoms with Crippen LogP contribution in [0.5, 0.6) is 0 Å². The summed E-state index contributed by atoms with van der Waals surface area (Å²) >= 11 is 0. The summed E-state index contributed by atoms with van der Waals surface area (Å²) in [6.07, 6.45) is 3.77. The van der Waals surface area contributed by atoms with Gasteiger partial charge in [0.05, 0.1) is 0 Å². The maximum Gasteiger partial charge on any atom is 0.0105 e. The molecule has 0 amide bonds. The lowest BCUT2D eigenvalue weighted by atomic mass is 9.93. The Bertz CT molecular complexity index is 119. The zero-order valence-corrected chi connectivity index (χ0v) is 8.42. The molecule has 0 spiro atoms. The van der Waals surface area contributed by atoms with Crippen LogP contribution in [0.1, 0.15) is 33.1 Å². The first-order valence-corrected chi connectivity index (χ1v) is 5.25. The minimum Gasteiger partial charge on any atom is -0.330 e. The fourth-order valence-corrected chi connectivity index (χ4v) is 2.00. The molecule has 0 aromatic heterocycles. The van der Waals surface area contributed by atoms with Gasteiger partial charge < -0.3 is 5.73 Å². The van der Waals surface area contributed by atoms with E-state index >= 15 is 0 Å². The van der Waals surface area contributed by atoms with Gasteiger partial charge >= 0.3 is 0 Å². The van der Waals surface area contributed by atoms with Gasteiger partial charge in [-0.05, 0) is 25.3 Å². The molecule has 0 saturated carbocycles. The monoisotopic (exact) mass is 170 g/mol.